The number of aromatic carboxylic acids is 1. The number of nitrogens with one attached hydrogen (secondary N) is 4. The number of amides is 3. The summed E-state index contributed by atoms with van der Waals surface area (Å²) in [7, 11) is 0. The van der Waals surface area contributed by atoms with Gasteiger partial charge in [0.2, 0.25) is 5.91 Å². The van der Waals surface area contributed by atoms with Crippen molar-refractivity contribution in [2.45, 2.75) is 20.0 Å². The van der Waals surface area contributed by atoms with Crippen molar-refractivity contribution in [3.63, 3.8) is 0 Å². The molecule has 0 saturated carbocycles. The molecule has 216 valence electrons. The molecule has 0 aliphatic rings. The van der Waals surface area contributed by atoms with E-state index in [1.165, 1.54) is 6.07 Å². The van der Waals surface area contributed by atoms with Crippen LogP contribution in [0.5, 0.6) is 5.75 Å². The van der Waals surface area contributed by atoms with Crippen molar-refractivity contribution in [1.29, 1.82) is 10.7 Å². The highest BCUT2D eigenvalue weighted by molar-refractivity contribution is 6.48. The number of alkyl halides is 3. The van der Waals surface area contributed by atoms with Gasteiger partial charge in [-0.05, 0) is 60.5 Å². The molecule has 3 aromatic carbocycles. The number of carbonyl (C=O) groups excluding carboxylic acids is 3. The van der Waals surface area contributed by atoms with Crippen molar-refractivity contribution in [2.75, 3.05) is 17.2 Å². The van der Waals surface area contributed by atoms with Crippen molar-refractivity contribution < 1.29 is 42.6 Å². The van der Waals surface area contributed by atoms with Gasteiger partial charge in [0.15, 0.2) is 0 Å². The smallest absolute Gasteiger partial charge is 0.417 e. The number of phenols is 1. The summed E-state index contributed by atoms with van der Waals surface area (Å²) in [6.45, 7) is 2.75. The number of carboxylic acid groups (broad SMARTS) is 1. The van der Waals surface area contributed by atoms with E-state index in [0.29, 0.717) is 6.07 Å². The minimum absolute atomic E-state index is 0.0197. The first-order valence-corrected chi connectivity index (χ1v) is 12.0. The number of nitriles is 1. The summed E-state index contributed by atoms with van der Waals surface area (Å²) in [5, 5.41) is 44.3. The highest BCUT2D eigenvalue weighted by Crippen LogP contribution is 2.41. The Hall–Kier alpha value is -5.71. The molecule has 6 N–H and O–H groups in total. The van der Waals surface area contributed by atoms with Gasteiger partial charge in [0.05, 0.1) is 34.0 Å². The lowest BCUT2D eigenvalue weighted by atomic mass is 9.90. The summed E-state index contributed by atoms with van der Waals surface area (Å²) < 4.78 is 42.5. The zero-order valence-corrected chi connectivity index (χ0v) is 21.9. The molecule has 14 heteroatoms. The van der Waals surface area contributed by atoms with Crippen molar-refractivity contribution in [2.24, 2.45) is 0 Å². The summed E-state index contributed by atoms with van der Waals surface area (Å²) in [6, 6.07) is 9.54. The Morgan fingerprint density at radius 1 is 0.952 bits per heavy atom. The molecule has 0 aliphatic heterocycles. The molecule has 0 fully saturated rings. The van der Waals surface area contributed by atoms with E-state index in [0.717, 1.165) is 43.3 Å². The molecule has 42 heavy (non-hydrogen) atoms. The third-order valence-corrected chi connectivity index (χ3v) is 5.78. The van der Waals surface area contributed by atoms with Crippen LogP contribution in [-0.2, 0) is 15.8 Å². The predicted molar refractivity (Wildman–Crippen MR) is 144 cm³/mol. The Morgan fingerprint density at radius 3 is 2.21 bits per heavy atom. The van der Waals surface area contributed by atoms with Gasteiger partial charge in [-0.15, -0.1) is 0 Å². The molecule has 0 radical (unpaired) electrons. The SMILES string of the molecule is CCNC(=O)c1cc(O)c(C(=N)C(=O)Nc2ccc(C#N)cc2C(=O)O)cc1-c1ccc(NC(C)=O)cc1C(F)(F)F. The molecule has 3 amide bonds. The van der Waals surface area contributed by atoms with Crippen molar-refractivity contribution in [3.05, 3.63) is 76.3 Å². The van der Waals surface area contributed by atoms with Crippen LogP contribution < -0.4 is 16.0 Å². The summed E-state index contributed by atoms with van der Waals surface area (Å²) in [4.78, 5) is 48.8. The van der Waals surface area contributed by atoms with Crippen molar-refractivity contribution in [1.82, 2.24) is 5.32 Å². The van der Waals surface area contributed by atoms with Gasteiger partial charge >= 0.3 is 12.1 Å². The van der Waals surface area contributed by atoms with Crippen LogP contribution in [0.2, 0.25) is 0 Å². The zero-order valence-electron chi connectivity index (χ0n) is 21.9. The lowest BCUT2D eigenvalue weighted by Crippen LogP contribution is -2.26. The quantitative estimate of drug-likeness (QED) is 0.213. The number of phenolic OH excluding ortho intramolecular Hbond substituents is 1. The van der Waals surface area contributed by atoms with Crippen LogP contribution in [0.15, 0.2) is 48.5 Å². The maximum absolute atomic E-state index is 14.2. The Balaban J connectivity index is 2.18. The monoisotopic (exact) mass is 581 g/mol. The minimum atomic E-state index is -4.98. The number of halogens is 3. The lowest BCUT2D eigenvalue weighted by molar-refractivity contribution is -0.137. The van der Waals surface area contributed by atoms with Crippen LogP contribution in [0.3, 0.4) is 0 Å². The van der Waals surface area contributed by atoms with Crippen LogP contribution in [0.4, 0.5) is 24.5 Å². The fourth-order valence-corrected chi connectivity index (χ4v) is 3.96. The molecule has 0 bridgehead atoms. The van der Waals surface area contributed by atoms with Crippen LogP contribution in [0.1, 0.15) is 51.3 Å². The number of aromatic hydroxyl groups is 1. The molecular formula is C28H22F3N5O6. The maximum atomic E-state index is 14.2. The predicted octanol–water partition coefficient (Wildman–Crippen LogP) is 4.36. The van der Waals surface area contributed by atoms with Crippen LogP contribution >= 0.6 is 0 Å². The maximum Gasteiger partial charge on any atom is 0.417 e. The first kappa shape index (κ1) is 30.8. The molecule has 3 aromatic rings. The van der Waals surface area contributed by atoms with E-state index in [1.807, 2.05) is 0 Å². The molecule has 0 unspecified atom stereocenters. The average molecular weight is 582 g/mol. The number of hydrogen-bond donors (Lipinski definition) is 6. The van der Waals surface area contributed by atoms with E-state index in [2.05, 4.69) is 16.0 Å². The Bertz CT molecular complexity index is 1680. The van der Waals surface area contributed by atoms with Gasteiger partial charge in [-0.1, -0.05) is 6.07 Å². The lowest BCUT2D eigenvalue weighted by Gasteiger charge is -2.19. The number of carbonyl (C=O) groups is 4. The van der Waals surface area contributed by atoms with Gasteiger partial charge in [0.25, 0.3) is 11.8 Å². The van der Waals surface area contributed by atoms with Crippen LogP contribution in [0.25, 0.3) is 11.1 Å². The minimum Gasteiger partial charge on any atom is -0.507 e. The molecule has 0 saturated heterocycles. The highest BCUT2D eigenvalue weighted by atomic mass is 19.4. The Kier molecular flexibility index (Phi) is 8.96. The molecular weight excluding hydrogens is 559 g/mol. The van der Waals surface area contributed by atoms with Gasteiger partial charge in [0.1, 0.15) is 11.5 Å². The fourth-order valence-electron chi connectivity index (χ4n) is 3.96. The molecule has 3 rings (SSSR count). The number of rotatable bonds is 8. The molecule has 0 heterocycles. The van der Waals surface area contributed by atoms with E-state index < -0.39 is 74.7 Å². The Morgan fingerprint density at radius 2 is 1.64 bits per heavy atom. The molecule has 11 nitrogen and oxygen atoms in total. The molecule has 0 aliphatic carbocycles. The van der Waals surface area contributed by atoms with Crippen LogP contribution in [-0.4, -0.2) is 46.2 Å². The standard InChI is InChI=1S/C28H22F3N5O6/c1-3-34-25(39)18-11-23(38)20(24(33)26(40)36-22-7-4-14(12-32)8-19(22)27(41)42)10-17(18)16-6-5-15(35-13(2)37)9-21(16)28(29,30)31/h4-11,33,38H,3H2,1-2H3,(H,34,39)(H,35,37)(H,36,40)(H,41,42). The number of benzene rings is 3. The van der Waals surface area contributed by atoms with E-state index in [1.54, 1.807) is 13.0 Å². The second kappa shape index (κ2) is 12.2. The largest absolute Gasteiger partial charge is 0.507 e. The fraction of sp³-hybridized carbons (Fsp3) is 0.143. The van der Waals surface area contributed by atoms with Gasteiger partial charge in [-0.3, -0.25) is 19.8 Å². The summed E-state index contributed by atoms with van der Waals surface area (Å²) >= 11 is 0. The molecule has 0 atom stereocenters. The highest BCUT2D eigenvalue weighted by Gasteiger charge is 2.35. The second-order valence-electron chi connectivity index (χ2n) is 8.72. The first-order valence-electron chi connectivity index (χ1n) is 12.0. The topological polar surface area (TPSA) is 192 Å². The van der Waals surface area contributed by atoms with E-state index in [4.69, 9.17) is 10.7 Å². The first-order chi connectivity index (χ1) is 19.7. The zero-order chi connectivity index (χ0) is 31.4. The number of carboxylic acids is 1. The number of hydrogen-bond acceptors (Lipinski definition) is 7. The summed E-state index contributed by atoms with van der Waals surface area (Å²) in [5.74, 6) is -5.01. The van der Waals surface area contributed by atoms with Crippen molar-refractivity contribution >= 4 is 40.8 Å². The molecule has 0 aromatic heterocycles. The second-order valence-corrected chi connectivity index (χ2v) is 8.72. The number of anilines is 2. The average Bonchev–Trinajstić information content (AvgIpc) is 2.92. The summed E-state index contributed by atoms with van der Waals surface area (Å²) in [5.41, 5.74) is -5.09. The van der Waals surface area contributed by atoms with E-state index in [-0.39, 0.29) is 23.5 Å². The third-order valence-electron chi connectivity index (χ3n) is 5.78. The van der Waals surface area contributed by atoms with E-state index in [9.17, 15) is 42.6 Å². The van der Waals surface area contributed by atoms with Crippen molar-refractivity contribution in [3.8, 4) is 22.9 Å². The molecule has 0 spiro atoms. The third kappa shape index (κ3) is 6.70. The van der Waals surface area contributed by atoms with Gasteiger partial charge in [-0.25, -0.2) is 4.79 Å². The Labute approximate surface area is 236 Å². The van der Waals surface area contributed by atoms with Gasteiger partial charge in [-0.2, -0.15) is 18.4 Å². The van der Waals surface area contributed by atoms with Crippen LogP contribution in [0, 0.1) is 16.7 Å². The summed E-state index contributed by atoms with van der Waals surface area (Å²) in [6.07, 6.45) is -4.98. The van der Waals surface area contributed by atoms with Gasteiger partial charge in [0, 0.05) is 24.7 Å². The normalized spacial score (nSPS) is 10.8. The van der Waals surface area contributed by atoms with Gasteiger partial charge < -0.3 is 26.2 Å². The number of nitrogens with zero attached hydrogens (tertiary/aromatic N) is 1. The van der Waals surface area contributed by atoms with E-state index >= 15 is 0 Å².